The van der Waals surface area contributed by atoms with Crippen molar-refractivity contribution in [2.45, 2.75) is 19.5 Å². The molecule has 0 spiro atoms. The molecule has 1 aromatic heterocycles. The Hall–Kier alpha value is -1.42. The lowest BCUT2D eigenvalue weighted by Gasteiger charge is -2.31. The van der Waals surface area contributed by atoms with Gasteiger partial charge >= 0.3 is 0 Å². The summed E-state index contributed by atoms with van der Waals surface area (Å²) in [4.78, 5) is 6.94. The molecule has 0 unspecified atom stereocenters. The van der Waals surface area contributed by atoms with Crippen molar-refractivity contribution >= 4 is 12.4 Å². The number of nitrogens with zero attached hydrogens (tertiary/aromatic N) is 2. The first-order valence-corrected chi connectivity index (χ1v) is 7.27. The van der Waals surface area contributed by atoms with Gasteiger partial charge in [-0.25, -0.2) is 0 Å². The lowest BCUT2D eigenvalue weighted by atomic mass is 10.1. The molecule has 1 N–H and O–H groups in total. The first-order valence-electron chi connectivity index (χ1n) is 7.27. The molecule has 2 aromatic rings. The van der Waals surface area contributed by atoms with Gasteiger partial charge in [0.15, 0.2) is 0 Å². The average Bonchev–Trinajstić information content (AvgIpc) is 2.48. The van der Waals surface area contributed by atoms with Crippen LogP contribution >= 0.6 is 12.4 Å². The summed E-state index contributed by atoms with van der Waals surface area (Å²) in [6, 6.07) is 15.4. The van der Waals surface area contributed by atoms with Gasteiger partial charge in [0, 0.05) is 44.0 Å². The topological polar surface area (TPSA) is 28.2 Å². The predicted octanol–water partition coefficient (Wildman–Crippen LogP) is 2.96. The second kappa shape index (κ2) is 7.55. The Labute approximate surface area is 132 Å². The summed E-state index contributed by atoms with van der Waals surface area (Å²) in [7, 11) is 0. The van der Waals surface area contributed by atoms with Crippen LogP contribution in [0, 0.1) is 0 Å². The third-order valence-corrected chi connectivity index (χ3v) is 3.75. The molecule has 1 aromatic carbocycles. The monoisotopic (exact) mass is 303 g/mol. The highest BCUT2D eigenvalue weighted by atomic mass is 35.5. The van der Waals surface area contributed by atoms with Crippen LogP contribution in [0.2, 0.25) is 0 Å². The van der Waals surface area contributed by atoms with Crippen LogP contribution in [0.4, 0.5) is 0 Å². The zero-order valence-corrected chi connectivity index (χ0v) is 13.1. The van der Waals surface area contributed by atoms with Gasteiger partial charge in [0.2, 0.25) is 0 Å². The van der Waals surface area contributed by atoms with Crippen LogP contribution in [0.1, 0.15) is 12.5 Å². The number of hydrogen-bond acceptors (Lipinski definition) is 3. The molecule has 1 fully saturated rings. The number of halogens is 1. The van der Waals surface area contributed by atoms with E-state index in [0.29, 0.717) is 6.04 Å². The summed E-state index contributed by atoms with van der Waals surface area (Å²) >= 11 is 0. The van der Waals surface area contributed by atoms with Crippen LogP contribution in [0.15, 0.2) is 48.7 Å². The molecule has 1 aliphatic rings. The van der Waals surface area contributed by atoms with Crippen molar-refractivity contribution in [3.8, 4) is 11.3 Å². The summed E-state index contributed by atoms with van der Waals surface area (Å²) in [6.07, 6.45) is 1.85. The highest BCUT2D eigenvalue weighted by Gasteiger charge is 2.15. The Morgan fingerprint density at radius 3 is 2.90 bits per heavy atom. The second-order valence-corrected chi connectivity index (χ2v) is 5.51. The molecule has 3 rings (SSSR count). The lowest BCUT2D eigenvalue weighted by molar-refractivity contribution is 0.199. The number of aromatic nitrogens is 1. The van der Waals surface area contributed by atoms with Gasteiger partial charge in [-0.1, -0.05) is 24.3 Å². The summed E-state index contributed by atoms with van der Waals surface area (Å²) < 4.78 is 0. The van der Waals surface area contributed by atoms with Gasteiger partial charge in [0.1, 0.15) is 0 Å². The van der Waals surface area contributed by atoms with E-state index in [1.54, 1.807) is 0 Å². The third-order valence-electron chi connectivity index (χ3n) is 3.75. The van der Waals surface area contributed by atoms with Gasteiger partial charge in [0.25, 0.3) is 0 Å². The first-order chi connectivity index (χ1) is 9.81. The zero-order chi connectivity index (χ0) is 13.8. The molecule has 3 nitrogen and oxygen atoms in total. The van der Waals surface area contributed by atoms with Crippen LogP contribution in [0.25, 0.3) is 11.3 Å². The van der Waals surface area contributed by atoms with E-state index in [1.165, 1.54) is 11.1 Å². The van der Waals surface area contributed by atoms with Crippen molar-refractivity contribution in [2.24, 2.45) is 0 Å². The predicted molar refractivity (Wildman–Crippen MR) is 89.7 cm³/mol. The maximum Gasteiger partial charge on any atom is 0.0702 e. The minimum atomic E-state index is 0. The van der Waals surface area contributed by atoms with E-state index < -0.39 is 0 Å². The average molecular weight is 304 g/mol. The van der Waals surface area contributed by atoms with E-state index in [-0.39, 0.29) is 12.4 Å². The Morgan fingerprint density at radius 2 is 2.14 bits per heavy atom. The number of rotatable bonds is 3. The lowest BCUT2D eigenvalue weighted by Crippen LogP contribution is -2.48. The minimum absolute atomic E-state index is 0. The number of pyridine rings is 1. The Balaban J connectivity index is 0.00000161. The van der Waals surface area contributed by atoms with Crippen molar-refractivity contribution in [1.29, 1.82) is 0 Å². The fourth-order valence-electron chi connectivity index (χ4n) is 2.78. The highest BCUT2D eigenvalue weighted by molar-refractivity contribution is 5.85. The van der Waals surface area contributed by atoms with Crippen LogP contribution in [0.5, 0.6) is 0 Å². The molecular formula is C17H22ClN3. The van der Waals surface area contributed by atoms with Crippen LogP contribution in [-0.2, 0) is 6.54 Å². The summed E-state index contributed by atoms with van der Waals surface area (Å²) in [5.74, 6) is 0. The smallest absolute Gasteiger partial charge is 0.0702 e. The van der Waals surface area contributed by atoms with Gasteiger partial charge in [-0.3, -0.25) is 9.88 Å². The zero-order valence-electron chi connectivity index (χ0n) is 12.3. The van der Waals surface area contributed by atoms with Crippen LogP contribution in [-0.4, -0.2) is 35.6 Å². The van der Waals surface area contributed by atoms with Gasteiger partial charge in [0.05, 0.1) is 5.69 Å². The number of hydrogen-bond donors (Lipinski definition) is 1. The fourth-order valence-corrected chi connectivity index (χ4v) is 2.78. The quantitative estimate of drug-likeness (QED) is 0.945. The van der Waals surface area contributed by atoms with Crippen molar-refractivity contribution in [2.75, 3.05) is 19.6 Å². The van der Waals surface area contributed by atoms with Crippen molar-refractivity contribution in [1.82, 2.24) is 15.2 Å². The van der Waals surface area contributed by atoms with Gasteiger partial charge < -0.3 is 5.32 Å². The number of piperazine rings is 1. The Kier molecular flexibility index (Phi) is 5.74. The first kappa shape index (κ1) is 16.0. The normalized spacial score (nSPS) is 19.0. The maximum atomic E-state index is 4.43. The van der Waals surface area contributed by atoms with E-state index in [9.17, 15) is 0 Å². The van der Waals surface area contributed by atoms with Gasteiger partial charge in [-0.15, -0.1) is 12.4 Å². The van der Waals surface area contributed by atoms with Crippen molar-refractivity contribution in [3.63, 3.8) is 0 Å². The fraction of sp³-hybridized carbons (Fsp3) is 0.353. The summed E-state index contributed by atoms with van der Waals surface area (Å²) in [6.45, 7) is 6.59. The highest BCUT2D eigenvalue weighted by Crippen LogP contribution is 2.19. The Bertz CT molecular complexity index is 559. The molecule has 0 aliphatic carbocycles. The second-order valence-electron chi connectivity index (χ2n) is 5.51. The van der Waals surface area contributed by atoms with E-state index in [2.05, 4.69) is 52.5 Å². The standard InChI is InChI=1S/C17H21N3.ClH/c1-14-12-20(10-9-18-14)13-15-5-4-6-16(11-15)17-7-2-3-8-19-17;/h2-8,11,14,18H,9-10,12-13H2,1H3;1H/t14-;/m1./s1. The van der Waals surface area contributed by atoms with E-state index in [4.69, 9.17) is 0 Å². The molecule has 0 amide bonds. The summed E-state index contributed by atoms with van der Waals surface area (Å²) in [5.41, 5.74) is 3.61. The largest absolute Gasteiger partial charge is 0.312 e. The molecular weight excluding hydrogens is 282 g/mol. The van der Waals surface area contributed by atoms with Gasteiger partial charge in [-0.2, -0.15) is 0 Å². The molecule has 21 heavy (non-hydrogen) atoms. The maximum absolute atomic E-state index is 4.43. The van der Waals surface area contributed by atoms with Crippen molar-refractivity contribution in [3.05, 3.63) is 54.2 Å². The molecule has 2 heterocycles. The number of nitrogens with one attached hydrogen (secondary N) is 1. The molecule has 112 valence electrons. The van der Waals surface area contributed by atoms with Crippen LogP contribution in [0.3, 0.4) is 0 Å². The molecule has 0 saturated carbocycles. The van der Waals surface area contributed by atoms with Crippen LogP contribution < -0.4 is 5.32 Å². The van der Waals surface area contributed by atoms with Gasteiger partial charge in [-0.05, 0) is 30.7 Å². The summed E-state index contributed by atoms with van der Waals surface area (Å²) in [5, 5.41) is 3.48. The SMILES string of the molecule is C[C@@H]1CN(Cc2cccc(-c3ccccn3)c2)CCN1.Cl. The molecule has 1 aliphatic heterocycles. The number of benzene rings is 1. The molecule has 1 atom stereocenters. The molecule has 1 saturated heterocycles. The van der Waals surface area contributed by atoms with E-state index in [0.717, 1.165) is 31.9 Å². The minimum Gasteiger partial charge on any atom is -0.312 e. The Morgan fingerprint density at radius 1 is 1.24 bits per heavy atom. The van der Waals surface area contributed by atoms with E-state index in [1.807, 2.05) is 18.3 Å². The molecule has 4 heteroatoms. The van der Waals surface area contributed by atoms with Crippen molar-refractivity contribution < 1.29 is 0 Å². The molecule has 0 radical (unpaired) electrons. The third kappa shape index (κ3) is 4.27. The van der Waals surface area contributed by atoms with E-state index >= 15 is 0 Å². The molecule has 0 bridgehead atoms.